The molecule has 2 rings (SSSR count). The zero-order valence-electron chi connectivity index (χ0n) is 9.87. The minimum Gasteiger partial charge on any atom is -0.298 e. The van der Waals surface area contributed by atoms with Crippen molar-refractivity contribution in [1.82, 2.24) is 4.98 Å². The third-order valence-electron chi connectivity index (χ3n) is 2.98. The van der Waals surface area contributed by atoms with Gasteiger partial charge in [0.15, 0.2) is 0 Å². The van der Waals surface area contributed by atoms with Crippen LogP contribution in [0.2, 0.25) is 5.15 Å². The van der Waals surface area contributed by atoms with Gasteiger partial charge in [0.25, 0.3) is 0 Å². The van der Waals surface area contributed by atoms with E-state index in [2.05, 4.69) is 4.98 Å². The third kappa shape index (κ3) is 2.55. The van der Waals surface area contributed by atoms with Gasteiger partial charge in [-0.25, -0.2) is 4.98 Å². The van der Waals surface area contributed by atoms with Crippen LogP contribution >= 0.6 is 11.6 Å². The van der Waals surface area contributed by atoms with Crippen LogP contribution in [0.4, 0.5) is 0 Å². The van der Waals surface area contributed by atoms with Crippen molar-refractivity contribution in [2.45, 2.75) is 32.6 Å². The van der Waals surface area contributed by atoms with Gasteiger partial charge in [0.2, 0.25) is 0 Å². The van der Waals surface area contributed by atoms with Crippen LogP contribution in [0.1, 0.15) is 38.3 Å². The molecule has 1 fully saturated rings. The first kappa shape index (κ1) is 12.2. The molecule has 0 amide bonds. The second kappa shape index (κ2) is 4.22. The zero-order chi connectivity index (χ0) is 12.6. The molecule has 17 heavy (non-hydrogen) atoms. The summed E-state index contributed by atoms with van der Waals surface area (Å²) in [6, 6.07) is 5.03. The number of halogens is 1. The second-order valence-corrected chi connectivity index (χ2v) is 5.66. The summed E-state index contributed by atoms with van der Waals surface area (Å²) >= 11 is 5.78. The lowest BCUT2D eigenvalue weighted by Gasteiger charge is -2.31. The Hall–Kier alpha value is -1.22. The molecule has 0 unspecified atom stereocenters. The molecule has 0 atom stereocenters. The number of ketones is 2. The Morgan fingerprint density at radius 3 is 2.35 bits per heavy atom. The summed E-state index contributed by atoms with van der Waals surface area (Å²) in [5.41, 5.74) is 0.242. The predicted molar refractivity (Wildman–Crippen MR) is 65.0 cm³/mol. The van der Waals surface area contributed by atoms with E-state index in [0.29, 0.717) is 23.7 Å². The zero-order valence-corrected chi connectivity index (χ0v) is 10.6. The van der Waals surface area contributed by atoms with E-state index in [0.717, 1.165) is 0 Å². The van der Waals surface area contributed by atoms with Gasteiger partial charge in [0.1, 0.15) is 22.6 Å². The van der Waals surface area contributed by atoms with Crippen molar-refractivity contribution in [1.29, 1.82) is 0 Å². The Kier molecular flexibility index (Phi) is 3.04. The fourth-order valence-electron chi connectivity index (χ4n) is 2.30. The van der Waals surface area contributed by atoms with Gasteiger partial charge in [0, 0.05) is 12.8 Å². The van der Waals surface area contributed by atoms with Crippen molar-refractivity contribution in [3.8, 4) is 0 Å². The van der Waals surface area contributed by atoms with Gasteiger partial charge in [0.05, 0.1) is 5.69 Å². The fourth-order valence-corrected chi connectivity index (χ4v) is 2.47. The normalized spacial score (nSPS) is 20.6. The highest BCUT2D eigenvalue weighted by Gasteiger charge is 2.40. The van der Waals surface area contributed by atoms with E-state index in [1.54, 1.807) is 18.2 Å². The van der Waals surface area contributed by atoms with E-state index >= 15 is 0 Å². The van der Waals surface area contributed by atoms with E-state index in [1.165, 1.54) is 0 Å². The molecule has 1 saturated carbocycles. The van der Waals surface area contributed by atoms with Gasteiger partial charge in [-0.2, -0.15) is 0 Å². The van der Waals surface area contributed by atoms with E-state index in [4.69, 9.17) is 11.6 Å². The van der Waals surface area contributed by atoms with E-state index < -0.39 is 5.92 Å². The minimum atomic E-state index is -0.721. The molecule has 1 heterocycles. The van der Waals surface area contributed by atoms with Crippen molar-refractivity contribution >= 4 is 23.2 Å². The summed E-state index contributed by atoms with van der Waals surface area (Å²) in [4.78, 5) is 28.1. The average molecular weight is 252 g/mol. The van der Waals surface area contributed by atoms with Crippen LogP contribution in [0.25, 0.3) is 0 Å². The highest BCUT2D eigenvalue weighted by atomic mass is 35.5. The lowest BCUT2D eigenvalue weighted by atomic mass is 9.70. The molecule has 4 heteroatoms. The first-order valence-corrected chi connectivity index (χ1v) is 5.95. The topological polar surface area (TPSA) is 47.0 Å². The molecule has 3 nitrogen and oxygen atoms in total. The number of Topliss-reactive ketones (excluding diaryl/α,β-unsaturated/α-hetero) is 2. The van der Waals surface area contributed by atoms with E-state index in [1.807, 2.05) is 13.8 Å². The Bertz CT molecular complexity index is 462. The molecular weight excluding hydrogens is 238 g/mol. The first-order chi connectivity index (χ1) is 7.89. The number of pyridine rings is 1. The van der Waals surface area contributed by atoms with Crippen LogP contribution in [0.3, 0.4) is 0 Å². The van der Waals surface area contributed by atoms with Crippen molar-refractivity contribution in [3.05, 3.63) is 29.0 Å². The number of hydrogen-bond acceptors (Lipinski definition) is 3. The lowest BCUT2D eigenvalue weighted by Crippen LogP contribution is -2.36. The maximum Gasteiger partial charge on any atom is 0.149 e. The molecule has 90 valence electrons. The van der Waals surface area contributed by atoms with E-state index in [9.17, 15) is 9.59 Å². The predicted octanol–water partition coefficient (Wildman–Crippen LogP) is 2.78. The van der Waals surface area contributed by atoms with Crippen molar-refractivity contribution in [2.75, 3.05) is 0 Å². The van der Waals surface area contributed by atoms with Crippen LogP contribution in [-0.2, 0) is 9.59 Å². The van der Waals surface area contributed by atoms with Gasteiger partial charge < -0.3 is 0 Å². The summed E-state index contributed by atoms with van der Waals surface area (Å²) < 4.78 is 0. The standard InChI is InChI=1S/C13H14ClNO2/c1-13(2)6-9(16)12(10(17)7-13)8-4-3-5-11(14)15-8/h3-5,12H,6-7H2,1-2H3. The first-order valence-electron chi connectivity index (χ1n) is 5.57. The minimum absolute atomic E-state index is 0.0546. The van der Waals surface area contributed by atoms with Crippen LogP contribution in [0, 0.1) is 5.41 Å². The van der Waals surface area contributed by atoms with Crippen LogP contribution in [0.15, 0.2) is 18.2 Å². The maximum atomic E-state index is 12.0. The van der Waals surface area contributed by atoms with Gasteiger partial charge >= 0.3 is 0 Å². The lowest BCUT2D eigenvalue weighted by molar-refractivity contribution is -0.135. The van der Waals surface area contributed by atoms with Gasteiger partial charge in [-0.15, -0.1) is 0 Å². The Balaban J connectivity index is 2.34. The van der Waals surface area contributed by atoms with Gasteiger partial charge in [-0.1, -0.05) is 31.5 Å². The number of nitrogens with zero attached hydrogens (tertiary/aromatic N) is 1. The highest BCUT2D eigenvalue weighted by molar-refractivity contribution is 6.29. The van der Waals surface area contributed by atoms with Crippen molar-refractivity contribution in [3.63, 3.8) is 0 Å². The maximum absolute atomic E-state index is 12.0. The molecule has 1 aromatic rings. The van der Waals surface area contributed by atoms with E-state index in [-0.39, 0.29) is 17.0 Å². The second-order valence-electron chi connectivity index (χ2n) is 5.27. The molecule has 1 aliphatic rings. The molecule has 0 spiro atoms. The molecule has 0 saturated heterocycles. The summed E-state index contributed by atoms with van der Waals surface area (Å²) in [7, 11) is 0. The summed E-state index contributed by atoms with van der Waals surface area (Å²) in [6.45, 7) is 3.87. The molecule has 0 N–H and O–H groups in total. The molecule has 0 radical (unpaired) electrons. The fraction of sp³-hybridized carbons (Fsp3) is 0.462. The number of hydrogen-bond donors (Lipinski definition) is 0. The summed E-state index contributed by atoms with van der Waals surface area (Å²) in [5.74, 6) is -0.830. The molecule has 0 bridgehead atoms. The summed E-state index contributed by atoms with van der Waals surface area (Å²) in [6.07, 6.45) is 0.829. The van der Waals surface area contributed by atoms with Gasteiger partial charge in [-0.05, 0) is 17.5 Å². The molecule has 1 aromatic heterocycles. The van der Waals surface area contributed by atoms with Crippen molar-refractivity contribution < 1.29 is 9.59 Å². The monoisotopic (exact) mass is 251 g/mol. The highest BCUT2D eigenvalue weighted by Crippen LogP contribution is 2.37. The number of carbonyl (C=O) groups excluding carboxylic acids is 2. The average Bonchev–Trinajstić information content (AvgIpc) is 2.13. The molecule has 1 aliphatic carbocycles. The smallest absolute Gasteiger partial charge is 0.149 e. The Morgan fingerprint density at radius 2 is 1.82 bits per heavy atom. The van der Waals surface area contributed by atoms with Crippen LogP contribution < -0.4 is 0 Å². The van der Waals surface area contributed by atoms with Crippen LogP contribution in [-0.4, -0.2) is 16.6 Å². The molecule has 0 aliphatic heterocycles. The largest absolute Gasteiger partial charge is 0.298 e. The molecular formula is C13H14ClNO2. The quantitative estimate of drug-likeness (QED) is 0.570. The van der Waals surface area contributed by atoms with Gasteiger partial charge in [-0.3, -0.25) is 9.59 Å². The number of carbonyl (C=O) groups is 2. The molecule has 0 aromatic carbocycles. The van der Waals surface area contributed by atoms with Crippen molar-refractivity contribution in [2.24, 2.45) is 5.41 Å². The Labute approximate surface area is 105 Å². The SMILES string of the molecule is CC1(C)CC(=O)C(c2cccc(Cl)n2)C(=O)C1. The third-order valence-corrected chi connectivity index (χ3v) is 3.19. The summed E-state index contributed by atoms with van der Waals surface area (Å²) in [5, 5.41) is 0.313. The number of aromatic nitrogens is 1. The van der Waals surface area contributed by atoms with Crippen LogP contribution in [0.5, 0.6) is 0 Å². The Morgan fingerprint density at radius 1 is 1.24 bits per heavy atom. The number of rotatable bonds is 1.